The van der Waals surface area contributed by atoms with Crippen LogP contribution in [0.1, 0.15) is 12.8 Å². The van der Waals surface area contributed by atoms with Gasteiger partial charge in [-0.3, -0.25) is 4.90 Å². The Bertz CT molecular complexity index is 206. The van der Waals surface area contributed by atoms with Crippen molar-refractivity contribution in [2.75, 3.05) is 19.0 Å². The van der Waals surface area contributed by atoms with Crippen molar-refractivity contribution in [2.24, 2.45) is 0 Å². The van der Waals surface area contributed by atoms with Crippen LogP contribution in [0.3, 0.4) is 0 Å². The molecule has 0 unspecified atom stereocenters. The Hall–Kier alpha value is -0.130. The molecule has 0 atom stereocenters. The van der Waals surface area contributed by atoms with Crippen LogP contribution in [-0.2, 0) is 10.1 Å². The zero-order valence-corrected chi connectivity index (χ0v) is 7.01. The zero-order valence-electron chi connectivity index (χ0n) is 6.19. The fourth-order valence-corrected chi connectivity index (χ4v) is 1.86. The first-order chi connectivity index (χ1) is 5.08. The Balaban J connectivity index is 2.36. The molecule has 4 nitrogen and oxygen atoms in total. The van der Waals surface area contributed by atoms with Gasteiger partial charge in [-0.05, 0) is 32.4 Å². The second kappa shape index (κ2) is 3.51. The molecule has 1 aliphatic rings. The highest BCUT2D eigenvalue weighted by atomic mass is 32.2. The molecular weight excluding hydrogens is 166 g/mol. The molecule has 0 aromatic carbocycles. The molecule has 1 heterocycles. The van der Waals surface area contributed by atoms with Crippen LogP contribution in [0.15, 0.2) is 0 Å². The summed E-state index contributed by atoms with van der Waals surface area (Å²) in [5.41, 5.74) is 0. The average Bonchev–Trinajstić information content (AvgIpc) is 1.85. The summed E-state index contributed by atoms with van der Waals surface area (Å²) in [5, 5.41) is 0. The Morgan fingerprint density at radius 2 is 1.91 bits per heavy atom. The smallest absolute Gasteiger partial charge is 0.108 e. The van der Waals surface area contributed by atoms with Gasteiger partial charge >= 0.3 is 0 Å². The van der Waals surface area contributed by atoms with Gasteiger partial charge in [0.1, 0.15) is 10.1 Å². The van der Waals surface area contributed by atoms with Crippen molar-refractivity contribution in [1.82, 2.24) is 4.90 Å². The van der Waals surface area contributed by atoms with Gasteiger partial charge < -0.3 is 4.55 Å². The number of hydrogen-bond acceptors (Lipinski definition) is 4. The van der Waals surface area contributed by atoms with E-state index in [4.69, 9.17) is 0 Å². The van der Waals surface area contributed by atoms with Crippen LogP contribution in [0, 0.1) is 6.42 Å². The maximum Gasteiger partial charge on any atom is 0.108 e. The molecule has 1 radical (unpaired) electrons. The van der Waals surface area contributed by atoms with Crippen molar-refractivity contribution >= 4 is 10.1 Å². The molecule has 0 aromatic rings. The summed E-state index contributed by atoms with van der Waals surface area (Å²) in [6.45, 7) is 1.39. The van der Waals surface area contributed by atoms with E-state index in [-0.39, 0.29) is 5.88 Å². The highest BCUT2D eigenvalue weighted by Crippen LogP contribution is 2.07. The molecule has 1 rings (SSSR count). The molecule has 0 aliphatic carbocycles. The van der Waals surface area contributed by atoms with E-state index in [9.17, 15) is 13.0 Å². The molecule has 1 saturated heterocycles. The fourth-order valence-electron chi connectivity index (χ4n) is 1.16. The van der Waals surface area contributed by atoms with E-state index in [1.165, 1.54) is 0 Å². The molecule has 1 fully saturated rings. The largest absolute Gasteiger partial charge is 0.747 e. The van der Waals surface area contributed by atoms with E-state index in [0.29, 0.717) is 13.1 Å². The second-order valence-electron chi connectivity index (χ2n) is 2.67. The predicted octanol–water partition coefficient (Wildman–Crippen LogP) is -0.211. The van der Waals surface area contributed by atoms with Gasteiger partial charge in [0.05, 0.1) is 5.88 Å². The minimum absolute atomic E-state index is 0.332. The first kappa shape index (κ1) is 8.96. The lowest BCUT2D eigenvalue weighted by Gasteiger charge is -2.26. The molecule has 0 amide bonds. The molecule has 0 N–H and O–H groups in total. The second-order valence-corrected chi connectivity index (χ2v) is 4.04. The lowest BCUT2D eigenvalue weighted by atomic mass is 10.1. The molecule has 5 heteroatoms. The monoisotopic (exact) mass is 177 g/mol. The number of hydrogen-bond donors (Lipinski definition) is 0. The van der Waals surface area contributed by atoms with Crippen LogP contribution in [0.25, 0.3) is 0 Å². The van der Waals surface area contributed by atoms with Gasteiger partial charge in [-0.15, -0.1) is 0 Å². The van der Waals surface area contributed by atoms with Crippen LogP contribution < -0.4 is 0 Å². The molecular formula is C6H11NO3S-. The predicted molar refractivity (Wildman–Crippen MR) is 39.7 cm³/mol. The van der Waals surface area contributed by atoms with Gasteiger partial charge in [0.15, 0.2) is 0 Å². The number of piperidine rings is 1. The third-order valence-corrected chi connectivity index (χ3v) is 2.32. The minimum atomic E-state index is -4.06. The lowest BCUT2D eigenvalue weighted by molar-refractivity contribution is 0.281. The Labute approximate surface area is 66.9 Å². The first-order valence-corrected chi connectivity index (χ1v) is 5.13. The highest BCUT2D eigenvalue weighted by molar-refractivity contribution is 7.85. The summed E-state index contributed by atoms with van der Waals surface area (Å²) in [5.74, 6) is -0.332. The standard InChI is InChI=1S/C6H12NO3S/c8-11(9,10)6-7-4-2-1-3-5-7/h1H,2-6H2,(H,8,9,10)/p-1. The van der Waals surface area contributed by atoms with Gasteiger partial charge in [0.25, 0.3) is 0 Å². The van der Waals surface area contributed by atoms with E-state index in [0.717, 1.165) is 12.8 Å². The normalized spacial score (nSPS) is 21.9. The maximum absolute atomic E-state index is 10.3. The van der Waals surface area contributed by atoms with E-state index >= 15 is 0 Å². The van der Waals surface area contributed by atoms with Crippen molar-refractivity contribution < 1.29 is 13.0 Å². The fraction of sp³-hybridized carbons (Fsp3) is 0.833. The summed E-state index contributed by atoms with van der Waals surface area (Å²) in [6, 6.07) is 0. The Kier molecular flexibility index (Phi) is 2.86. The summed E-state index contributed by atoms with van der Waals surface area (Å²) >= 11 is 0. The van der Waals surface area contributed by atoms with Crippen molar-refractivity contribution in [3.8, 4) is 0 Å². The highest BCUT2D eigenvalue weighted by Gasteiger charge is 2.11. The van der Waals surface area contributed by atoms with Gasteiger partial charge in [-0.1, -0.05) is 0 Å². The summed E-state index contributed by atoms with van der Waals surface area (Å²) in [7, 11) is -4.06. The summed E-state index contributed by atoms with van der Waals surface area (Å²) in [4.78, 5) is 1.67. The molecule has 0 spiro atoms. The quantitative estimate of drug-likeness (QED) is 0.547. The van der Waals surface area contributed by atoms with Gasteiger partial charge in [0, 0.05) is 0 Å². The Morgan fingerprint density at radius 1 is 1.36 bits per heavy atom. The van der Waals surface area contributed by atoms with Crippen LogP contribution in [0.4, 0.5) is 0 Å². The van der Waals surface area contributed by atoms with Crippen molar-refractivity contribution in [2.45, 2.75) is 12.8 Å². The Morgan fingerprint density at radius 3 is 2.36 bits per heavy atom. The number of nitrogens with zero attached hydrogens (tertiary/aromatic N) is 1. The van der Waals surface area contributed by atoms with Crippen LogP contribution in [-0.4, -0.2) is 36.8 Å². The van der Waals surface area contributed by atoms with Gasteiger partial charge in [-0.25, -0.2) is 8.42 Å². The van der Waals surface area contributed by atoms with E-state index < -0.39 is 10.1 Å². The van der Waals surface area contributed by atoms with Crippen LogP contribution in [0.5, 0.6) is 0 Å². The van der Waals surface area contributed by atoms with Crippen LogP contribution >= 0.6 is 0 Å². The van der Waals surface area contributed by atoms with E-state index in [1.54, 1.807) is 4.90 Å². The molecule has 1 aliphatic heterocycles. The molecule has 0 aromatic heterocycles. The zero-order chi connectivity index (χ0) is 8.32. The minimum Gasteiger partial charge on any atom is -0.747 e. The van der Waals surface area contributed by atoms with E-state index in [1.807, 2.05) is 0 Å². The molecule has 65 valence electrons. The van der Waals surface area contributed by atoms with E-state index in [2.05, 4.69) is 6.42 Å². The van der Waals surface area contributed by atoms with Crippen molar-refractivity contribution in [3.63, 3.8) is 0 Å². The topological polar surface area (TPSA) is 60.4 Å². The molecule has 11 heavy (non-hydrogen) atoms. The van der Waals surface area contributed by atoms with Crippen molar-refractivity contribution in [1.29, 1.82) is 0 Å². The lowest BCUT2D eigenvalue weighted by Crippen LogP contribution is -2.34. The SMILES string of the molecule is O=S(=O)([O-])CN1CC[CH]CC1. The molecule has 0 saturated carbocycles. The first-order valence-electron chi connectivity index (χ1n) is 3.55. The van der Waals surface area contributed by atoms with Gasteiger partial charge in [0.2, 0.25) is 0 Å². The van der Waals surface area contributed by atoms with Crippen molar-refractivity contribution in [3.05, 3.63) is 6.42 Å². The third kappa shape index (κ3) is 3.69. The summed E-state index contributed by atoms with van der Waals surface area (Å²) in [6.07, 6.45) is 3.87. The average molecular weight is 177 g/mol. The summed E-state index contributed by atoms with van der Waals surface area (Å²) < 4.78 is 30.9. The van der Waals surface area contributed by atoms with Crippen LogP contribution in [0.2, 0.25) is 0 Å². The number of rotatable bonds is 2. The maximum atomic E-state index is 10.3. The van der Waals surface area contributed by atoms with Gasteiger partial charge in [-0.2, -0.15) is 0 Å². The number of likely N-dealkylation sites (tertiary alicyclic amines) is 1. The third-order valence-electron chi connectivity index (χ3n) is 1.64. The molecule has 0 bridgehead atoms.